The van der Waals surface area contributed by atoms with Crippen molar-refractivity contribution in [2.45, 2.75) is 104 Å². The van der Waals surface area contributed by atoms with Gasteiger partial charge in [-0.15, -0.1) is 0 Å². The lowest BCUT2D eigenvalue weighted by molar-refractivity contribution is 0.304. The van der Waals surface area contributed by atoms with Gasteiger partial charge >= 0.3 is 0 Å². The zero-order valence-corrected chi connectivity index (χ0v) is 22.0. The van der Waals surface area contributed by atoms with E-state index in [9.17, 15) is 4.79 Å². The summed E-state index contributed by atoms with van der Waals surface area (Å²) in [5, 5.41) is 0.634. The van der Waals surface area contributed by atoms with Crippen LogP contribution in [0.15, 0.2) is 57.9 Å². The van der Waals surface area contributed by atoms with Crippen molar-refractivity contribution in [3.8, 4) is 16.9 Å². The average Bonchev–Trinajstić information content (AvgIpc) is 2.87. The van der Waals surface area contributed by atoms with Crippen molar-refractivity contribution in [1.82, 2.24) is 0 Å². The smallest absolute Gasteiger partial charge is 0.200 e. The Hall–Kier alpha value is -2.55. The monoisotopic (exact) mass is 476 g/mol. The second kappa shape index (κ2) is 15.4. The van der Waals surface area contributed by atoms with Crippen molar-refractivity contribution in [2.75, 3.05) is 6.61 Å². The molecule has 0 aliphatic heterocycles. The predicted molar refractivity (Wildman–Crippen MR) is 148 cm³/mol. The summed E-state index contributed by atoms with van der Waals surface area (Å²) in [7, 11) is 0. The Labute approximate surface area is 211 Å². The molecule has 0 unspecified atom stereocenters. The van der Waals surface area contributed by atoms with Crippen LogP contribution in [-0.2, 0) is 0 Å². The summed E-state index contributed by atoms with van der Waals surface area (Å²) in [6.07, 6.45) is 20.5. The highest BCUT2D eigenvalue weighted by atomic mass is 16.5. The summed E-state index contributed by atoms with van der Waals surface area (Å²) in [4.78, 5) is 13.1. The van der Waals surface area contributed by atoms with Crippen LogP contribution in [0.5, 0.6) is 5.75 Å². The highest BCUT2D eigenvalue weighted by Gasteiger charge is 2.12. The number of ether oxygens (including phenoxy) is 1. The van der Waals surface area contributed by atoms with E-state index >= 15 is 0 Å². The standard InChI is InChI=1S/C32H44O3/c1-3-4-5-6-7-8-9-10-11-12-13-14-15-19-22-34-28-23-26(2)31-30(24-28)35-25-29(32(31)33)27-20-17-16-18-21-27/h16-18,20-21,23-25H,3-15,19,22H2,1-2H3. The summed E-state index contributed by atoms with van der Waals surface area (Å²) in [5.41, 5.74) is 2.96. The van der Waals surface area contributed by atoms with Gasteiger partial charge < -0.3 is 9.15 Å². The largest absolute Gasteiger partial charge is 0.493 e. The van der Waals surface area contributed by atoms with E-state index in [-0.39, 0.29) is 5.43 Å². The Morgan fingerprint density at radius 1 is 0.743 bits per heavy atom. The third-order valence-electron chi connectivity index (χ3n) is 6.90. The molecule has 0 bridgehead atoms. The molecule has 3 heteroatoms. The molecular formula is C32H44O3. The molecular weight excluding hydrogens is 432 g/mol. The zero-order chi connectivity index (χ0) is 24.7. The summed E-state index contributed by atoms with van der Waals surface area (Å²) >= 11 is 0. The zero-order valence-electron chi connectivity index (χ0n) is 22.0. The summed E-state index contributed by atoms with van der Waals surface area (Å²) in [5.74, 6) is 0.778. The van der Waals surface area contributed by atoms with Crippen LogP contribution in [0.1, 0.15) is 102 Å². The second-order valence-corrected chi connectivity index (χ2v) is 9.90. The van der Waals surface area contributed by atoms with Crippen molar-refractivity contribution in [1.29, 1.82) is 0 Å². The van der Waals surface area contributed by atoms with E-state index in [0.717, 1.165) is 23.3 Å². The van der Waals surface area contributed by atoms with Gasteiger partial charge in [-0.3, -0.25) is 4.79 Å². The number of hydrogen-bond donors (Lipinski definition) is 0. The van der Waals surface area contributed by atoms with Crippen LogP contribution in [0, 0.1) is 6.92 Å². The predicted octanol–water partition coefficient (Wildman–Crippen LogP) is 9.63. The molecule has 3 nitrogen and oxygen atoms in total. The van der Waals surface area contributed by atoms with Crippen LogP contribution in [0.4, 0.5) is 0 Å². The normalized spacial score (nSPS) is 11.3. The molecule has 0 radical (unpaired) electrons. The molecule has 0 aliphatic carbocycles. The highest BCUT2D eigenvalue weighted by molar-refractivity contribution is 5.85. The molecule has 0 spiro atoms. The molecule has 2 aromatic carbocycles. The van der Waals surface area contributed by atoms with E-state index in [1.54, 1.807) is 6.26 Å². The maximum atomic E-state index is 13.1. The lowest BCUT2D eigenvalue weighted by atomic mass is 10.0. The number of hydrogen-bond acceptors (Lipinski definition) is 3. The first kappa shape index (κ1) is 27.0. The van der Waals surface area contributed by atoms with Crippen molar-refractivity contribution >= 4 is 11.0 Å². The van der Waals surface area contributed by atoms with Crippen molar-refractivity contribution in [3.05, 3.63) is 64.5 Å². The van der Waals surface area contributed by atoms with Gasteiger partial charge in [0, 0.05) is 6.07 Å². The van der Waals surface area contributed by atoms with Gasteiger partial charge in [0.15, 0.2) is 0 Å². The van der Waals surface area contributed by atoms with Gasteiger partial charge in [-0.2, -0.15) is 0 Å². The van der Waals surface area contributed by atoms with Gasteiger partial charge in [-0.1, -0.05) is 121 Å². The molecule has 0 amide bonds. The Morgan fingerprint density at radius 3 is 1.91 bits per heavy atom. The average molecular weight is 477 g/mol. The van der Waals surface area contributed by atoms with Crippen LogP contribution in [0.2, 0.25) is 0 Å². The first-order valence-electron chi connectivity index (χ1n) is 13.9. The van der Waals surface area contributed by atoms with E-state index < -0.39 is 0 Å². The number of rotatable bonds is 17. The van der Waals surface area contributed by atoms with Gasteiger partial charge in [0.25, 0.3) is 0 Å². The molecule has 0 saturated heterocycles. The Morgan fingerprint density at radius 2 is 1.31 bits per heavy atom. The Bertz CT molecular complexity index is 1050. The second-order valence-electron chi connectivity index (χ2n) is 9.90. The number of aryl methyl sites for hydroxylation is 1. The van der Waals surface area contributed by atoms with Crippen molar-refractivity contribution in [2.24, 2.45) is 0 Å². The van der Waals surface area contributed by atoms with Crippen LogP contribution in [0.25, 0.3) is 22.1 Å². The molecule has 3 aromatic rings. The Kier molecular flexibility index (Phi) is 11.9. The van der Waals surface area contributed by atoms with Crippen molar-refractivity contribution in [3.63, 3.8) is 0 Å². The van der Waals surface area contributed by atoms with Crippen LogP contribution >= 0.6 is 0 Å². The number of benzene rings is 2. The minimum atomic E-state index is 0.00785. The SMILES string of the molecule is CCCCCCCCCCCCCCCCOc1cc(C)c2c(=O)c(-c3ccccc3)coc2c1. The first-order chi connectivity index (χ1) is 17.2. The quantitative estimate of drug-likeness (QED) is 0.182. The third-order valence-corrected chi connectivity index (χ3v) is 6.90. The molecule has 1 heterocycles. The van der Waals surface area contributed by atoms with Gasteiger partial charge in [0.05, 0.1) is 17.6 Å². The van der Waals surface area contributed by atoms with Crippen LogP contribution in [-0.4, -0.2) is 6.61 Å². The van der Waals surface area contributed by atoms with E-state index in [0.29, 0.717) is 23.1 Å². The molecule has 1 aromatic heterocycles. The maximum absolute atomic E-state index is 13.1. The fourth-order valence-electron chi connectivity index (χ4n) is 4.80. The fourth-order valence-corrected chi connectivity index (χ4v) is 4.80. The number of unbranched alkanes of at least 4 members (excludes halogenated alkanes) is 13. The summed E-state index contributed by atoms with van der Waals surface area (Å²) < 4.78 is 11.8. The van der Waals surface area contributed by atoms with Crippen LogP contribution < -0.4 is 10.2 Å². The van der Waals surface area contributed by atoms with Crippen LogP contribution in [0.3, 0.4) is 0 Å². The molecule has 0 aliphatic rings. The fraction of sp³-hybridized carbons (Fsp3) is 0.531. The lowest BCUT2D eigenvalue weighted by Crippen LogP contribution is -2.07. The van der Waals surface area contributed by atoms with E-state index in [2.05, 4.69) is 6.92 Å². The number of fused-ring (bicyclic) bond motifs is 1. The molecule has 0 N–H and O–H groups in total. The molecule has 0 atom stereocenters. The molecule has 190 valence electrons. The molecule has 0 saturated carbocycles. The lowest BCUT2D eigenvalue weighted by Gasteiger charge is -2.10. The van der Waals surface area contributed by atoms with Crippen molar-refractivity contribution < 1.29 is 9.15 Å². The van der Waals surface area contributed by atoms with Gasteiger partial charge in [-0.25, -0.2) is 0 Å². The molecule has 35 heavy (non-hydrogen) atoms. The molecule has 0 fully saturated rings. The van der Waals surface area contributed by atoms with E-state index in [1.807, 2.05) is 49.4 Å². The van der Waals surface area contributed by atoms with E-state index in [4.69, 9.17) is 9.15 Å². The topological polar surface area (TPSA) is 39.4 Å². The minimum absolute atomic E-state index is 0.00785. The third kappa shape index (κ3) is 8.87. The summed E-state index contributed by atoms with van der Waals surface area (Å²) in [6, 6.07) is 13.5. The van der Waals surface area contributed by atoms with Gasteiger partial charge in [0.2, 0.25) is 5.43 Å². The molecule has 3 rings (SSSR count). The van der Waals surface area contributed by atoms with Gasteiger partial charge in [-0.05, 0) is 30.5 Å². The first-order valence-corrected chi connectivity index (χ1v) is 13.9. The van der Waals surface area contributed by atoms with E-state index in [1.165, 1.54) is 83.5 Å². The summed E-state index contributed by atoms with van der Waals surface area (Å²) in [6.45, 7) is 4.93. The highest BCUT2D eigenvalue weighted by Crippen LogP contribution is 2.26. The Balaban J connectivity index is 1.32. The maximum Gasteiger partial charge on any atom is 0.200 e. The minimum Gasteiger partial charge on any atom is -0.493 e. The van der Waals surface area contributed by atoms with Gasteiger partial charge in [0.1, 0.15) is 17.6 Å².